The van der Waals surface area contributed by atoms with Crippen LogP contribution in [0.1, 0.15) is 0 Å². The molecule has 1 N–H and O–H groups in total. The predicted octanol–water partition coefficient (Wildman–Crippen LogP) is -1.63. The van der Waals surface area contributed by atoms with Crippen LogP contribution < -0.4 is 10.00 Å². The minimum absolute atomic E-state index is 0.168. The van der Waals surface area contributed by atoms with E-state index in [4.69, 9.17) is 0 Å². The van der Waals surface area contributed by atoms with Crippen molar-refractivity contribution in [2.24, 2.45) is 0 Å². The molecule has 0 radical (unpaired) electrons. The molecule has 0 aliphatic rings. The van der Waals surface area contributed by atoms with Gasteiger partial charge in [-0.2, -0.15) is 6.26 Å². The Kier molecular flexibility index (Phi) is 6.75. The lowest BCUT2D eigenvalue weighted by Gasteiger charge is -2.28. The summed E-state index contributed by atoms with van der Waals surface area (Å²) in [7, 11) is -2.27. The molecule has 0 aromatic heterocycles. The van der Waals surface area contributed by atoms with Crippen LogP contribution in [0.15, 0.2) is 12.3 Å². The highest BCUT2D eigenvalue weighted by molar-refractivity contribution is 7.45. The van der Waals surface area contributed by atoms with E-state index in [1.54, 1.807) is 0 Å². The van der Waals surface area contributed by atoms with E-state index in [1.165, 1.54) is 7.11 Å². The number of phosphoric ester groups is 1. The van der Waals surface area contributed by atoms with Gasteiger partial charge < -0.3 is 28.9 Å². The molecule has 0 spiro atoms. The minimum atomic E-state index is -4.49. The van der Waals surface area contributed by atoms with Gasteiger partial charge in [-0.3, -0.25) is 4.57 Å². The maximum Gasteiger partial charge on any atom is 0.268 e. The first-order valence-corrected chi connectivity index (χ1v) is 5.43. The molecule has 90 valence electrons. The summed E-state index contributed by atoms with van der Waals surface area (Å²) < 4.78 is 23.9. The number of aliphatic hydroxyl groups excluding tert-OH is 1. The summed E-state index contributed by atoms with van der Waals surface area (Å²) >= 11 is 0. The molecule has 0 saturated heterocycles. The van der Waals surface area contributed by atoms with Crippen molar-refractivity contribution < 1.29 is 33.5 Å². The maximum absolute atomic E-state index is 10.9. The fraction of sp³-hybridized carbons (Fsp3) is 0.714. The monoisotopic (exact) mass is 240 g/mol. The first-order chi connectivity index (χ1) is 6.96. The molecule has 15 heavy (non-hydrogen) atoms. The molecule has 0 bridgehead atoms. The fourth-order valence-electron chi connectivity index (χ4n) is 0.769. The molecule has 3 atom stereocenters. The number of methoxy groups -OCH3 is 1. The van der Waals surface area contributed by atoms with Gasteiger partial charge in [-0.25, -0.2) is 0 Å². The van der Waals surface area contributed by atoms with Crippen molar-refractivity contribution in [3.05, 3.63) is 12.3 Å². The summed E-state index contributed by atoms with van der Waals surface area (Å²) in [6, 6.07) is 0. The molecule has 3 unspecified atom stereocenters. The van der Waals surface area contributed by atoms with Gasteiger partial charge in [0.1, 0.15) is 12.2 Å². The van der Waals surface area contributed by atoms with Gasteiger partial charge in [-0.15, -0.1) is 0 Å². The van der Waals surface area contributed by atoms with E-state index in [1.807, 2.05) is 0 Å². The number of hydrogen-bond donors (Lipinski definition) is 1. The summed E-state index contributed by atoms with van der Waals surface area (Å²) in [5.74, 6) is 0. The van der Waals surface area contributed by atoms with Gasteiger partial charge in [0, 0.05) is 14.2 Å². The second-order valence-electron chi connectivity index (χ2n) is 2.55. The van der Waals surface area contributed by atoms with Crippen molar-refractivity contribution in [2.45, 2.75) is 12.2 Å². The van der Waals surface area contributed by atoms with Crippen molar-refractivity contribution in [1.82, 2.24) is 0 Å². The lowest BCUT2D eigenvalue weighted by atomic mass is 10.2. The zero-order chi connectivity index (χ0) is 11.9. The minimum Gasteiger partial charge on any atom is -0.878 e. The molecule has 0 rings (SSSR count). The van der Waals surface area contributed by atoms with Gasteiger partial charge in [0.05, 0.1) is 6.61 Å². The van der Waals surface area contributed by atoms with Crippen LogP contribution >= 0.6 is 7.82 Å². The molecule has 0 aliphatic heterocycles. The zero-order valence-corrected chi connectivity index (χ0v) is 9.25. The van der Waals surface area contributed by atoms with Crippen molar-refractivity contribution in [3.63, 3.8) is 0 Å². The van der Waals surface area contributed by atoms with Crippen LogP contribution in [0.3, 0.4) is 0 Å². The van der Waals surface area contributed by atoms with E-state index in [9.17, 15) is 19.7 Å². The lowest BCUT2D eigenvalue weighted by Crippen LogP contribution is -2.32. The molecular formula is C7H13O7P-2. The zero-order valence-electron chi connectivity index (χ0n) is 8.36. The van der Waals surface area contributed by atoms with E-state index in [-0.39, 0.29) is 6.61 Å². The molecule has 0 heterocycles. The standard InChI is InChI=1S/C7H15O7P/c1-12-5-6(9)7(3-4-8)14-15(10,11)13-2/h3-4,6-9H,5H2,1-2H3,(H,10,11)/p-2/b4-3+. The largest absolute Gasteiger partial charge is 0.878 e. The summed E-state index contributed by atoms with van der Waals surface area (Å²) in [6.07, 6.45) is -1.41. The third kappa shape index (κ3) is 5.88. The van der Waals surface area contributed by atoms with Gasteiger partial charge in [0.25, 0.3) is 7.82 Å². The normalized spacial score (nSPS) is 20.0. The Morgan fingerprint density at radius 3 is 2.53 bits per heavy atom. The van der Waals surface area contributed by atoms with Gasteiger partial charge in [-0.1, -0.05) is 6.08 Å². The number of aliphatic hydroxyl groups is 1. The van der Waals surface area contributed by atoms with Crippen molar-refractivity contribution in [2.75, 3.05) is 20.8 Å². The van der Waals surface area contributed by atoms with Gasteiger partial charge >= 0.3 is 0 Å². The average molecular weight is 240 g/mol. The Morgan fingerprint density at radius 2 is 2.13 bits per heavy atom. The Bertz CT molecular complexity index is 241. The maximum atomic E-state index is 10.9. The molecule has 7 nitrogen and oxygen atoms in total. The Hall–Kier alpha value is -0.430. The van der Waals surface area contributed by atoms with Gasteiger partial charge in [0.15, 0.2) is 0 Å². The van der Waals surface area contributed by atoms with E-state index in [0.29, 0.717) is 6.26 Å². The summed E-state index contributed by atoms with van der Waals surface area (Å²) in [5.41, 5.74) is 0. The third-order valence-electron chi connectivity index (χ3n) is 1.46. The van der Waals surface area contributed by atoms with Crippen molar-refractivity contribution >= 4 is 7.82 Å². The van der Waals surface area contributed by atoms with Crippen LogP contribution in [0.25, 0.3) is 0 Å². The summed E-state index contributed by atoms with van der Waals surface area (Å²) in [6.45, 7) is -0.168. The quantitative estimate of drug-likeness (QED) is 0.420. The average Bonchev–Trinajstić information content (AvgIpc) is 2.17. The van der Waals surface area contributed by atoms with Crippen molar-refractivity contribution in [3.8, 4) is 0 Å². The lowest BCUT2D eigenvalue weighted by molar-refractivity contribution is -0.276. The molecule has 0 fully saturated rings. The Balaban J connectivity index is 4.46. The van der Waals surface area contributed by atoms with Crippen LogP contribution in [-0.2, 0) is 18.3 Å². The summed E-state index contributed by atoms with van der Waals surface area (Å²) in [5, 5.41) is 19.5. The molecule has 0 aliphatic carbocycles. The smallest absolute Gasteiger partial charge is 0.268 e. The molecule has 8 heteroatoms. The van der Waals surface area contributed by atoms with Crippen LogP contribution in [-0.4, -0.2) is 38.1 Å². The number of ether oxygens (including phenoxy) is 1. The van der Waals surface area contributed by atoms with E-state index < -0.39 is 20.0 Å². The molecular weight excluding hydrogens is 227 g/mol. The highest BCUT2D eigenvalue weighted by atomic mass is 31.2. The predicted molar refractivity (Wildman–Crippen MR) is 46.5 cm³/mol. The van der Waals surface area contributed by atoms with E-state index in [0.717, 1.165) is 13.2 Å². The van der Waals surface area contributed by atoms with Crippen LogP contribution in [0.2, 0.25) is 0 Å². The van der Waals surface area contributed by atoms with E-state index in [2.05, 4.69) is 13.8 Å². The number of rotatable bonds is 7. The first kappa shape index (κ1) is 14.6. The second-order valence-corrected chi connectivity index (χ2v) is 4.02. The van der Waals surface area contributed by atoms with Crippen LogP contribution in [0.4, 0.5) is 0 Å². The highest BCUT2D eigenvalue weighted by Gasteiger charge is 2.21. The molecule has 0 aromatic carbocycles. The van der Waals surface area contributed by atoms with Crippen LogP contribution in [0.5, 0.6) is 0 Å². The third-order valence-corrected chi connectivity index (χ3v) is 2.41. The van der Waals surface area contributed by atoms with E-state index >= 15 is 0 Å². The fourth-order valence-corrected chi connectivity index (χ4v) is 1.36. The summed E-state index contributed by atoms with van der Waals surface area (Å²) in [4.78, 5) is 10.9. The SMILES string of the molecule is COCC(O)C(/C=C/[O-])OP(=O)([O-])OC. The van der Waals surface area contributed by atoms with Gasteiger partial charge in [-0.05, 0) is 0 Å². The first-order valence-electron chi connectivity index (χ1n) is 3.97. The van der Waals surface area contributed by atoms with Gasteiger partial charge in [0.2, 0.25) is 0 Å². The highest BCUT2D eigenvalue weighted by Crippen LogP contribution is 2.39. The Labute approximate surface area is 87.5 Å². The molecule has 0 saturated carbocycles. The number of hydrogen-bond acceptors (Lipinski definition) is 7. The van der Waals surface area contributed by atoms with Crippen molar-refractivity contribution in [1.29, 1.82) is 0 Å². The molecule has 0 amide bonds. The second kappa shape index (κ2) is 6.95. The van der Waals surface area contributed by atoms with Crippen LogP contribution in [0, 0.1) is 0 Å². The number of phosphoric acid groups is 1. The molecule has 0 aromatic rings. The Morgan fingerprint density at radius 1 is 1.53 bits per heavy atom. The topological polar surface area (TPSA) is 111 Å².